The van der Waals surface area contributed by atoms with Gasteiger partial charge < -0.3 is 5.11 Å². The number of hydrogen-bond acceptors (Lipinski definition) is 3. The molecule has 1 unspecified atom stereocenters. The van der Waals surface area contributed by atoms with E-state index in [1.165, 1.54) is 0 Å². The van der Waals surface area contributed by atoms with Crippen LogP contribution in [0.5, 0.6) is 0 Å². The largest absolute Gasteiger partial charge is 0.480 e. The van der Waals surface area contributed by atoms with Gasteiger partial charge in [0.2, 0.25) is 0 Å². The van der Waals surface area contributed by atoms with E-state index in [-0.39, 0.29) is 0 Å². The summed E-state index contributed by atoms with van der Waals surface area (Å²) in [6, 6.07) is -0.594. The quantitative estimate of drug-likeness (QED) is 0.818. The molecule has 1 aromatic heterocycles. The highest BCUT2D eigenvalue weighted by Crippen LogP contribution is 2.23. The van der Waals surface area contributed by atoms with Gasteiger partial charge in [0.15, 0.2) is 0 Å². The monoisotopic (exact) mass is 225 g/mol. The van der Waals surface area contributed by atoms with Gasteiger partial charge in [-0.2, -0.15) is 5.10 Å². The highest BCUT2D eigenvalue weighted by Gasteiger charge is 2.28. The molecule has 90 valence electrons. The maximum atomic E-state index is 11.3. The van der Waals surface area contributed by atoms with E-state index in [2.05, 4.69) is 5.10 Å². The molecule has 5 heteroatoms. The fourth-order valence-corrected chi connectivity index (χ4v) is 1.86. The number of carboxylic acids is 1. The first-order valence-electron chi connectivity index (χ1n) is 5.48. The van der Waals surface area contributed by atoms with Gasteiger partial charge in [-0.15, -0.1) is 0 Å². The van der Waals surface area contributed by atoms with E-state index in [9.17, 15) is 9.90 Å². The highest BCUT2D eigenvalue weighted by molar-refractivity contribution is 5.75. The van der Waals surface area contributed by atoms with Crippen molar-refractivity contribution in [2.24, 2.45) is 7.05 Å². The van der Waals surface area contributed by atoms with E-state index < -0.39 is 12.0 Å². The highest BCUT2D eigenvalue weighted by atomic mass is 16.4. The van der Waals surface area contributed by atoms with Crippen molar-refractivity contribution >= 4 is 5.97 Å². The first-order valence-corrected chi connectivity index (χ1v) is 5.48. The zero-order chi connectivity index (χ0) is 12.3. The molecule has 16 heavy (non-hydrogen) atoms. The predicted octanol–water partition coefficient (Wildman–Crippen LogP) is 1.20. The summed E-state index contributed by atoms with van der Waals surface area (Å²) < 4.78 is 1.70. The number of likely N-dealkylation sites (N-methyl/N-ethyl adjacent to an activating group) is 1. The number of aryl methyl sites for hydroxylation is 1. The minimum absolute atomic E-state index is 0.594. The number of nitrogens with zero attached hydrogens (tertiary/aromatic N) is 3. The van der Waals surface area contributed by atoms with E-state index in [0.717, 1.165) is 11.3 Å². The van der Waals surface area contributed by atoms with E-state index >= 15 is 0 Å². The lowest BCUT2D eigenvalue weighted by molar-refractivity contribution is -0.143. The third kappa shape index (κ3) is 2.24. The SMILES string of the molecule is CCN(CC)C(C(=O)O)c1cnn(C)c1C. The van der Waals surface area contributed by atoms with Crippen LogP contribution in [0.15, 0.2) is 6.20 Å². The van der Waals surface area contributed by atoms with E-state index in [0.29, 0.717) is 13.1 Å². The summed E-state index contributed by atoms with van der Waals surface area (Å²) in [7, 11) is 1.82. The van der Waals surface area contributed by atoms with Crippen molar-refractivity contribution < 1.29 is 9.90 Å². The Hall–Kier alpha value is -1.36. The first-order chi connectivity index (χ1) is 7.52. The van der Waals surface area contributed by atoms with Crippen LogP contribution in [0.2, 0.25) is 0 Å². The molecule has 0 fully saturated rings. The second kappa shape index (κ2) is 5.12. The lowest BCUT2D eigenvalue weighted by Gasteiger charge is -2.25. The van der Waals surface area contributed by atoms with Crippen molar-refractivity contribution in [2.75, 3.05) is 13.1 Å². The van der Waals surface area contributed by atoms with Gasteiger partial charge in [0.25, 0.3) is 0 Å². The molecule has 1 aromatic rings. The Kier molecular flexibility index (Phi) is 4.06. The van der Waals surface area contributed by atoms with Crippen molar-refractivity contribution in [3.63, 3.8) is 0 Å². The molecule has 0 saturated carbocycles. The minimum atomic E-state index is -0.820. The first kappa shape index (κ1) is 12.7. The fourth-order valence-electron chi connectivity index (χ4n) is 1.86. The molecule has 1 rings (SSSR count). The number of aliphatic carboxylic acids is 1. The van der Waals surface area contributed by atoms with Crippen LogP contribution in [0.25, 0.3) is 0 Å². The molecule has 1 N–H and O–H groups in total. The molecule has 1 atom stereocenters. The zero-order valence-corrected chi connectivity index (χ0v) is 10.3. The van der Waals surface area contributed by atoms with Crippen molar-refractivity contribution in [1.82, 2.24) is 14.7 Å². The van der Waals surface area contributed by atoms with Crippen molar-refractivity contribution in [1.29, 1.82) is 0 Å². The van der Waals surface area contributed by atoms with E-state index in [1.54, 1.807) is 10.9 Å². The lowest BCUT2D eigenvalue weighted by Crippen LogP contribution is -2.34. The van der Waals surface area contributed by atoms with Gasteiger partial charge in [0.05, 0.1) is 6.20 Å². The zero-order valence-electron chi connectivity index (χ0n) is 10.3. The van der Waals surface area contributed by atoms with Crippen LogP contribution >= 0.6 is 0 Å². The third-order valence-electron chi connectivity index (χ3n) is 2.98. The normalized spacial score (nSPS) is 13.1. The van der Waals surface area contributed by atoms with Crippen LogP contribution in [0.4, 0.5) is 0 Å². The molecule has 0 spiro atoms. The molecule has 0 radical (unpaired) electrons. The Morgan fingerprint density at radius 3 is 2.44 bits per heavy atom. The van der Waals surface area contributed by atoms with Gasteiger partial charge in [0.1, 0.15) is 6.04 Å². The maximum Gasteiger partial charge on any atom is 0.325 e. The van der Waals surface area contributed by atoms with Crippen LogP contribution in [0.1, 0.15) is 31.1 Å². The second-order valence-corrected chi connectivity index (χ2v) is 3.77. The molecule has 0 aromatic carbocycles. The maximum absolute atomic E-state index is 11.3. The lowest BCUT2D eigenvalue weighted by atomic mass is 10.1. The minimum Gasteiger partial charge on any atom is -0.480 e. The van der Waals surface area contributed by atoms with Gasteiger partial charge in [-0.05, 0) is 20.0 Å². The molecule has 0 aliphatic heterocycles. The van der Waals surface area contributed by atoms with Crippen LogP contribution in [0, 0.1) is 6.92 Å². The van der Waals surface area contributed by atoms with Gasteiger partial charge in [-0.3, -0.25) is 14.4 Å². The predicted molar refractivity (Wildman–Crippen MR) is 61.2 cm³/mol. The molecule has 0 saturated heterocycles. The Morgan fingerprint density at radius 2 is 2.12 bits per heavy atom. The number of carboxylic acid groups (broad SMARTS) is 1. The average molecular weight is 225 g/mol. The second-order valence-electron chi connectivity index (χ2n) is 3.77. The van der Waals surface area contributed by atoms with Crippen LogP contribution in [-0.4, -0.2) is 38.8 Å². The van der Waals surface area contributed by atoms with Crippen molar-refractivity contribution in [3.8, 4) is 0 Å². The summed E-state index contributed by atoms with van der Waals surface area (Å²) >= 11 is 0. The summed E-state index contributed by atoms with van der Waals surface area (Å²) in [6.45, 7) is 7.24. The molecule has 5 nitrogen and oxygen atoms in total. The van der Waals surface area contributed by atoms with E-state index in [1.807, 2.05) is 32.7 Å². The molecule has 0 bridgehead atoms. The van der Waals surface area contributed by atoms with Gasteiger partial charge >= 0.3 is 5.97 Å². The Labute approximate surface area is 95.7 Å². The summed E-state index contributed by atoms with van der Waals surface area (Å²) in [4.78, 5) is 13.3. The molecular formula is C11H19N3O2. The molecular weight excluding hydrogens is 206 g/mol. The third-order valence-corrected chi connectivity index (χ3v) is 2.98. The summed E-state index contributed by atoms with van der Waals surface area (Å²) in [6.07, 6.45) is 1.65. The summed E-state index contributed by atoms with van der Waals surface area (Å²) in [5.41, 5.74) is 1.68. The average Bonchev–Trinajstić information content (AvgIpc) is 2.56. The van der Waals surface area contributed by atoms with E-state index in [4.69, 9.17) is 0 Å². The van der Waals surface area contributed by atoms with Gasteiger partial charge in [-0.1, -0.05) is 13.8 Å². The standard InChI is InChI=1S/C11H19N3O2/c1-5-14(6-2)10(11(15)16)9-7-12-13(4)8(9)3/h7,10H,5-6H2,1-4H3,(H,15,16). The van der Waals surface area contributed by atoms with Gasteiger partial charge in [0, 0.05) is 18.3 Å². The molecule has 0 aliphatic carbocycles. The number of hydrogen-bond donors (Lipinski definition) is 1. The Bertz CT molecular complexity index is 369. The van der Waals surface area contributed by atoms with Crippen LogP contribution < -0.4 is 0 Å². The van der Waals surface area contributed by atoms with Crippen LogP contribution in [0.3, 0.4) is 0 Å². The fraction of sp³-hybridized carbons (Fsp3) is 0.636. The number of aromatic nitrogens is 2. The molecule has 0 aliphatic rings. The Morgan fingerprint density at radius 1 is 1.56 bits per heavy atom. The smallest absolute Gasteiger partial charge is 0.325 e. The number of rotatable bonds is 5. The van der Waals surface area contributed by atoms with Crippen molar-refractivity contribution in [3.05, 3.63) is 17.5 Å². The molecule has 1 heterocycles. The summed E-state index contributed by atoms with van der Waals surface area (Å²) in [5.74, 6) is -0.820. The van der Waals surface area contributed by atoms with Gasteiger partial charge in [-0.25, -0.2) is 0 Å². The van der Waals surface area contributed by atoms with Crippen LogP contribution in [-0.2, 0) is 11.8 Å². The number of carbonyl (C=O) groups is 1. The molecule has 0 amide bonds. The summed E-state index contributed by atoms with van der Waals surface area (Å²) in [5, 5.41) is 13.4. The topological polar surface area (TPSA) is 58.4 Å². The Balaban J connectivity index is 3.12. The van der Waals surface area contributed by atoms with Crippen molar-refractivity contribution in [2.45, 2.75) is 26.8 Å².